The third kappa shape index (κ3) is 6.41. The average Bonchev–Trinajstić information content (AvgIpc) is 2.91. The average molecular weight is 481 g/mol. The molecule has 0 amide bonds. The van der Waals surface area contributed by atoms with Crippen molar-refractivity contribution in [1.82, 2.24) is 0 Å². The van der Waals surface area contributed by atoms with Crippen LogP contribution in [0.5, 0.6) is 28.7 Å². The summed E-state index contributed by atoms with van der Waals surface area (Å²) in [4.78, 5) is 0. The molecule has 1 aliphatic rings. The number of terminal acetylenes is 5. The van der Waals surface area contributed by atoms with Crippen LogP contribution in [0.25, 0.3) is 0 Å². The Bertz CT molecular complexity index is 1280. The van der Waals surface area contributed by atoms with Crippen LogP contribution in [0.3, 0.4) is 0 Å². The van der Waals surface area contributed by atoms with Crippen LogP contribution >= 0.6 is 0 Å². The molecule has 180 valence electrons. The Morgan fingerprint density at radius 1 is 0.694 bits per heavy atom. The standard InChI is InChI=1S/C30H24O6/c1-6-13-31-23-19-26(33-15-8-3)24-21-29(35-17-10-5)30(36-27(24)20-23)22-11-12-25(32-14-7-2)28(18-22)34-16-9-4/h1-5,11-12,18-20,29-30H,13-17,21H2/t29-,30-/m1/s1. The first-order valence-electron chi connectivity index (χ1n) is 10.9. The van der Waals surface area contributed by atoms with Gasteiger partial charge in [-0.15, -0.1) is 32.1 Å². The molecule has 6 nitrogen and oxygen atoms in total. The molecular weight excluding hydrogens is 456 g/mol. The summed E-state index contributed by atoms with van der Waals surface area (Å²) in [5, 5.41) is 0. The number of hydrogen-bond acceptors (Lipinski definition) is 6. The van der Waals surface area contributed by atoms with Crippen molar-refractivity contribution < 1.29 is 28.4 Å². The van der Waals surface area contributed by atoms with Gasteiger partial charge in [-0.2, -0.15) is 0 Å². The molecule has 1 heterocycles. The quantitative estimate of drug-likeness (QED) is 0.460. The summed E-state index contributed by atoms with van der Waals surface area (Å²) in [7, 11) is 0. The summed E-state index contributed by atoms with van der Waals surface area (Å²) >= 11 is 0. The highest BCUT2D eigenvalue weighted by atomic mass is 16.5. The lowest BCUT2D eigenvalue weighted by Crippen LogP contribution is -2.33. The first-order valence-corrected chi connectivity index (χ1v) is 10.9. The van der Waals surface area contributed by atoms with Gasteiger partial charge in [0.1, 0.15) is 56.4 Å². The molecule has 0 saturated carbocycles. The fourth-order valence-electron chi connectivity index (χ4n) is 3.64. The van der Waals surface area contributed by atoms with E-state index in [1.807, 2.05) is 6.07 Å². The highest BCUT2D eigenvalue weighted by Gasteiger charge is 2.35. The third-order valence-electron chi connectivity index (χ3n) is 5.07. The van der Waals surface area contributed by atoms with E-state index in [1.54, 1.807) is 24.3 Å². The third-order valence-corrected chi connectivity index (χ3v) is 5.07. The van der Waals surface area contributed by atoms with Crippen LogP contribution in [-0.4, -0.2) is 39.1 Å². The Kier molecular flexibility index (Phi) is 9.45. The van der Waals surface area contributed by atoms with Crippen LogP contribution in [0.4, 0.5) is 0 Å². The highest BCUT2D eigenvalue weighted by Crippen LogP contribution is 2.44. The molecule has 1 aliphatic heterocycles. The van der Waals surface area contributed by atoms with Gasteiger partial charge in [-0.25, -0.2) is 0 Å². The molecule has 0 spiro atoms. The van der Waals surface area contributed by atoms with E-state index in [2.05, 4.69) is 29.6 Å². The maximum absolute atomic E-state index is 6.42. The zero-order valence-electron chi connectivity index (χ0n) is 19.6. The lowest BCUT2D eigenvalue weighted by atomic mass is 9.93. The molecule has 2 aromatic carbocycles. The van der Waals surface area contributed by atoms with Crippen molar-refractivity contribution in [3.8, 4) is 90.5 Å². The Morgan fingerprint density at radius 3 is 1.97 bits per heavy atom. The van der Waals surface area contributed by atoms with E-state index in [-0.39, 0.29) is 33.0 Å². The van der Waals surface area contributed by atoms with Crippen LogP contribution < -0.4 is 23.7 Å². The van der Waals surface area contributed by atoms with Gasteiger partial charge in [0.05, 0.1) is 0 Å². The minimum Gasteiger partial charge on any atom is -0.482 e. The van der Waals surface area contributed by atoms with Gasteiger partial charge in [0.2, 0.25) is 0 Å². The molecule has 0 aliphatic carbocycles. The fourth-order valence-corrected chi connectivity index (χ4v) is 3.64. The summed E-state index contributed by atoms with van der Waals surface area (Å²) in [6.07, 6.45) is 26.3. The van der Waals surface area contributed by atoms with Gasteiger partial charge in [0.25, 0.3) is 0 Å². The number of fused-ring (bicyclic) bond motifs is 1. The summed E-state index contributed by atoms with van der Waals surface area (Å²) in [6.45, 7) is 0.369. The second-order valence-corrected chi connectivity index (χ2v) is 7.37. The molecular formula is C30H24O6. The SMILES string of the molecule is C#CCOc1cc(OCC#C)c2c(c1)O[C@H](c1ccc(OCC#C)c(OCC#C)c1)[C@H](OCC#C)C2. The smallest absolute Gasteiger partial charge is 0.163 e. The topological polar surface area (TPSA) is 55.4 Å². The molecule has 0 unspecified atom stereocenters. The van der Waals surface area contributed by atoms with Gasteiger partial charge >= 0.3 is 0 Å². The molecule has 0 saturated heterocycles. The highest BCUT2D eigenvalue weighted by molar-refractivity contribution is 5.53. The minimum absolute atomic E-state index is 0.0486. The molecule has 0 N–H and O–H groups in total. The lowest BCUT2D eigenvalue weighted by molar-refractivity contribution is -0.0253. The van der Waals surface area contributed by atoms with E-state index in [1.165, 1.54) is 0 Å². The van der Waals surface area contributed by atoms with Gasteiger partial charge < -0.3 is 28.4 Å². The van der Waals surface area contributed by atoms with Crippen molar-refractivity contribution in [3.05, 3.63) is 41.5 Å². The first-order chi connectivity index (χ1) is 17.6. The van der Waals surface area contributed by atoms with Crippen molar-refractivity contribution in [2.75, 3.05) is 33.0 Å². The maximum Gasteiger partial charge on any atom is 0.163 e. The van der Waals surface area contributed by atoms with Crippen LogP contribution in [-0.2, 0) is 11.2 Å². The van der Waals surface area contributed by atoms with E-state index in [4.69, 9.17) is 60.5 Å². The van der Waals surface area contributed by atoms with Gasteiger partial charge in [-0.05, 0) is 17.7 Å². The predicted molar refractivity (Wildman–Crippen MR) is 136 cm³/mol. The van der Waals surface area contributed by atoms with E-state index < -0.39 is 12.2 Å². The van der Waals surface area contributed by atoms with Gasteiger partial charge in [-0.1, -0.05) is 35.7 Å². The van der Waals surface area contributed by atoms with E-state index in [0.717, 1.165) is 11.1 Å². The molecule has 0 radical (unpaired) electrons. The summed E-state index contributed by atoms with van der Waals surface area (Å²) in [5.74, 6) is 14.7. The number of ether oxygens (including phenoxy) is 6. The van der Waals surface area contributed by atoms with Crippen molar-refractivity contribution in [1.29, 1.82) is 0 Å². The second kappa shape index (κ2) is 13.2. The normalized spacial score (nSPS) is 15.3. The monoisotopic (exact) mass is 480 g/mol. The molecule has 2 aromatic rings. The first kappa shape index (κ1) is 25.8. The van der Waals surface area contributed by atoms with E-state index in [9.17, 15) is 0 Å². The summed E-state index contributed by atoms with van der Waals surface area (Å²) in [6, 6.07) is 8.83. The summed E-state index contributed by atoms with van der Waals surface area (Å²) in [5.41, 5.74) is 1.53. The summed E-state index contributed by atoms with van der Waals surface area (Å²) < 4.78 is 35.1. The molecule has 36 heavy (non-hydrogen) atoms. The van der Waals surface area contributed by atoms with Crippen molar-refractivity contribution in [2.45, 2.75) is 18.6 Å². The maximum atomic E-state index is 6.42. The van der Waals surface area contributed by atoms with Crippen LogP contribution in [0.1, 0.15) is 17.2 Å². The Morgan fingerprint density at radius 2 is 1.31 bits per heavy atom. The van der Waals surface area contributed by atoms with Gasteiger partial charge in [0, 0.05) is 24.1 Å². The zero-order chi connectivity index (χ0) is 25.8. The fraction of sp³-hybridized carbons (Fsp3) is 0.267. The molecule has 2 atom stereocenters. The number of benzene rings is 2. The Labute approximate surface area is 212 Å². The van der Waals surface area contributed by atoms with Gasteiger partial charge in [-0.3, -0.25) is 0 Å². The number of hydrogen-bond donors (Lipinski definition) is 0. The van der Waals surface area contributed by atoms with Gasteiger partial charge in [0.15, 0.2) is 17.6 Å². The molecule has 0 bridgehead atoms. The molecule has 6 heteroatoms. The van der Waals surface area contributed by atoms with Crippen molar-refractivity contribution in [3.63, 3.8) is 0 Å². The van der Waals surface area contributed by atoms with E-state index in [0.29, 0.717) is 35.2 Å². The van der Waals surface area contributed by atoms with Crippen molar-refractivity contribution in [2.24, 2.45) is 0 Å². The van der Waals surface area contributed by atoms with E-state index >= 15 is 0 Å². The van der Waals surface area contributed by atoms with Crippen molar-refractivity contribution >= 4 is 0 Å². The van der Waals surface area contributed by atoms with Crippen LogP contribution in [0.15, 0.2) is 30.3 Å². The number of rotatable bonds is 11. The molecule has 3 rings (SSSR count). The predicted octanol–water partition coefficient (Wildman–Crippen LogP) is 3.43. The largest absolute Gasteiger partial charge is 0.482 e. The lowest BCUT2D eigenvalue weighted by Gasteiger charge is -2.34. The zero-order valence-corrected chi connectivity index (χ0v) is 19.6. The minimum atomic E-state index is -0.552. The molecule has 0 fully saturated rings. The Hall–Kier alpha value is -4.80. The molecule has 0 aromatic heterocycles. The van der Waals surface area contributed by atoms with Crippen LogP contribution in [0.2, 0.25) is 0 Å². The Balaban J connectivity index is 2.03. The van der Waals surface area contributed by atoms with Crippen LogP contribution in [0, 0.1) is 61.7 Å². The second-order valence-electron chi connectivity index (χ2n) is 7.37.